The van der Waals surface area contributed by atoms with Gasteiger partial charge in [-0.05, 0) is 42.5 Å². The van der Waals surface area contributed by atoms with E-state index in [0.29, 0.717) is 23.5 Å². The Hall–Kier alpha value is -2.80. The van der Waals surface area contributed by atoms with Gasteiger partial charge in [-0.1, -0.05) is 62.0 Å². The van der Waals surface area contributed by atoms with Crippen LogP contribution < -0.4 is 10.1 Å². The molecule has 7 heteroatoms. The first-order chi connectivity index (χ1) is 13.9. The van der Waals surface area contributed by atoms with E-state index in [1.165, 1.54) is 11.8 Å². The Kier molecular flexibility index (Phi) is 6.93. The zero-order valence-corrected chi connectivity index (χ0v) is 18.0. The van der Waals surface area contributed by atoms with Crippen LogP contribution in [0.5, 0.6) is 5.75 Å². The van der Waals surface area contributed by atoms with Gasteiger partial charge < -0.3 is 10.1 Å². The highest BCUT2D eigenvalue weighted by atomic mass is 32.2. The normalized spacial score (nSPS) is 10.9. The summed E-state index contributed by atoms with van der Waals surface area (Å²) >= 11 is 1.29. The first-order valence-electron chi connectivity index (χ1n) is 9.56. The van der Waals surface area contributed by atoms with Gasteiger partial charge in [0.1, 0.15) is 12.4 Å². The second kappa shape index (κ2) is 9.60. The minimum atomic E-state index is -0.0753. The zero-order chi connectivity index (χ0) is 20.8. The van der Waals surface area contributed by atoms with Gasteiger partial charge in [0.15, 0.2) is 5.82 Å². The summed E-state index contributed by atoms with van der Waals surface area (Å²) in [6.45, 7) is 8.53. The van der Waals surface area contributed by atoms with Gasteiger partial charge in [0.25, 0.3) is 0 Å². The van der Waals surface area contributed by atoms with Gasteiger partial charge in [-0.15, -0.1) is 5.10 Å². The number of aromatic amines is 1. The minimum Gasteiger partial charge on any atom is -0.485 e. The molecule has 2 N–H and O–H groups in total. The van der Waals surface area contributed by atoms with E-state index in [4.69, 9.17) is 4.74 Å². The summed E-state index contributed by atoms with van der Waals surface area (Å²) in [5, 5.41) is 10.6. The second-order valence-electron chi connectivity index (χ2n) is 7.15. The molecule has 29 heavy (non-hydrogen) atoms. The molecule has 0 fully saturated rings. The van der Waals surface area contributed by atoms with E-state index in [1.807, 2.05) is 50.2 Å². The van der Waals surface area contributed by atoms with Crippen LogP contribution in [0.1, 0.15) is 42.3 Å². The number of rotatable bonds is 8. The summed E-state index contributed by atoms with van der Waals surface area (Å²) in [6, 6.07) is 13.9. The fourth-order valence-electron chi connectivity index (χ4n) is 2.92. The Bertz CT molecular complexity index is 984. The number of thioether (sulfide) groups is 1. The molecule has 0 unspecified atom stereocenters. The van der Waals surface area contributed by atoms with Gasteiger partial charge >= 0.3 is 0 Å². The molecular weight excluding hydrogens is 384 g/mol. The van der Waals surface area contributed by atoms with E-state index in [-0.39, 0.29) is 11.7 Å². The standard InChI is InChI=1S/C22H26N4O2S/c1-14(2)17-10-7-9-16(4)21(17)24-20(27)13-29-22-23-19(25-26-22)12-28-18-11-6-5-8-15(18)3/h5-11,14H,12-13H2,1-4H3,(H,24,27)(H,23,25,26). The van der Waals surface area contributed by atoms with Gasteiger partial charge in [0.05, 0.1) is 5.75 Å². The highest BCUT2D eigenvalue weighted by Gasteiger charge is 2.13. The summed E-state index contributed by atoms with van der Waals surface area (Å²) in [7, 11) is 0. The third-order valence-electron chi connectivity index (χ3n) is 4.49. The van der Waals surface area contributed by atoms with Crippen LogP contribution in [0, 0.1) is 13.8 Å². The van der Waals surface area contributed by atoms with Crippen LogP contribution in [0.25, 0.3) is 0 Å². The molecule has 0 spiro atoms. The summed E-state index contributed by atoms with van der Waals surface area (Å²) in [4.78, 5) is 16.8. The average Bonchev–Trinajstić information content (AvgIpc) is 3.15. The molecule has 1 aromatic heterocycles. The van der Waals surface area contributed by atoms with E-state index < -0.39 is 0 Å². The van der Waals surface area contributed by atoms with Crippen molar-refractivity contribution in [2.24, 2.45) is 0 Å². The van der Waals surface area contributed by atoms with Crippen molar-refractivity contribution in [3.05, 3.63) is 65.0 Å². The van der Waals surface area contributed by atoms with Crippen LogP contribution >= 0.6 is 11.8 Å². The van der Waals surface area contributed by atoms with Crippen LogP contribution in [0.3, 0.4) is 0 Å². The smallest absolute Gasteiger partial charge is 0.234 e. The van der Waals surface area contributed by atoms with Gasteiger partial charge in [-0.25, -0.2) is 4.98 Å². The lowest BCUT2D eigenvalue weighted by molar-refractivity contribution is -0.113. The fourth-order valence-corrected chi connectivity index (χ4v) is 3.54. The number of carbonyl (C=O) groups excluding carboxylic acids is 1. The maximum Gasteiger partial charge on any atom is 0.234 e. The number of anilines is 1. The van der Waals surface area contributed by atoms with Crippen LogP contribution in [-0.2, 0) is 11.4 Å². The predicted molar refractivity (Wildman–Crippen MR) is 117 cm³/mol. The number of aryl methyl sites for hydroxylation is 2. The Morgan fingerprint density at radius 1 is 1.14 bits per heavy atom. The first-order valence-corrected chi connectivity index (χ1v) is 10.5. The highest BCUT2D eigenvalue weighted by Crippen LogP contribution is 2.27. The molecule has 0 bridgehead atoms. The van der Waals surface area contributed by atoms with E-state index >= 15 is 0 Å². The monoisotopic (exact) mass is 410 g/mol. The van der Waals surface area contributed by atoms with E-state index in [2.05, 4.69) is 40.4 Å². The summed E-state index contributed by atoms with van der Waals surface area (Å²) in [5.74, 6) is 1.94. The van der Waals surface area contributed by atoms with Crippen molar-refractivity contribution in [1.82, 2.24) is 15.2 Å². The quantitative estimate of drug-likeness (QED) is 0.519. The van der Waals surface area contributed by atoms with E-state index in [9.17, 15) is 4.79 Å². The zero-order valence-electron chi connectivity index (χ0n) is 17.2. The Labute approximate surface area is 175 Å². The topological polar surface area (TPSA) is 79.9 Å². The average molecular weight is 411 g/mol. The predicted octanol–water partition coefficient (Wildman–Crippen LogP) is 4.85. The Morgan fingerprint density at radius 3 is 2.66 bits per heavy atom. The summed E-state index contributed by atoms with van der Waals surface area (Å²) < 4.78 is 5.77. The lowest BCUT2D eigenvalue weighted by Gasteiger charge is -2.16. The third-order valence-corrected chi connectivity index (χ3v) is 5.34. The second-order valence-corrected chi connectivity index (χ2v) is 8.09. The minimum absolute atomic E-state index is 0.0753. The highest BCUT2D eigenvalue weighted by molar-refractivity contribution is 7.99. The largest absolute Gasteiger partial charge is 0.485 e. The van der Waals surface area contributed by atoms with Crippen molar-refractivity contribution < 1.29 is 9.53 Å². The number of ether oxygens (including phenoxy) is 1. The molecule has 0 atom stereocenters. The molecule has 1 heterocycles. The van der Waals surface area contributed by atoms with E-state index in [1.54, 1.807) is 0 Å². The number of hydrogen-bond donors (Lipinski definition) is 2. The molecule has 2 aromatic carbocycles. The van der Waals surface area contributed by atoms with Crippen molar-refractivity contribution in [3.8, 4) is 5.75 Å². The Morgan fingerprint density at radius 2 is 1.90 bits per heavy atom. The van der Waals surface area contributed by atoms with Crippen LogP contribution in [0.4, 0.5) is 5.69 Å². The SMILES string of the molecule is Cc1ccccc1OCc1nc(SCC(=O)Nc2c(C)cccc2C(C)C)n[nH]1. The summed E-state index contributed by atoms with van der Waals surface area (Å²) in [6.07, 6.45) is 0. The molecule has 0 aliphatic carbocycles. The van der Waals surface area contributed by atoms with Crippen molar-refractivity contribution >= 4 is 23.4 Å². The molecule has 1 amide bonds. The number of benzene rings is 2. The van der Waals surface area contributed by atoms with Crippen LogP contribution in [0.2, 0.25) is 0 Å². The lowest BCUT2D eigenvalue weighted by atomic mass is 9.98. The number of para-hydroxylation sites is 2. The Balaban J connectivity index is 1.53. The number of nitrogens with one attached hydrogen (secondary N) is 2. The maximum atomic E-state index is 12.4. The van der Waals surface area contributed by atoms with E-state index in [0.717, 1.165) is 28.1 Å². The number of aromatic nitrogens is 3. The van der Waals surface area contributed by atoms with Crippen molar-refractivity contribution in [1.29, 1.82) is 0 Å². The number of carbonyl (C=O) groups is 1. The van der Waals surface area contributed by atoms with Crippen molar-refractivity contribution in [2.45, 2.75) is 45.4 Å². The molecule has 0 saturated carbocycles. The maximum absolute atomic E-state index is 12.4. The van der Waals surface area contributed by atoms with Crippen molar-refractivity contribution in [2.75, 3.05) is 11.1 Å². The molecule has 3 aromatic rings. The van der Waals surface area contributed by atoms with Crippen LogP contribution in [0.15, 0.2) is 47.6 Å². The van der Waals surface area contributed by atoms with Gasteiger partial charge in [0, 0.05) is 5.69 Å². The lowest BCUT2D eigenvalue weighted by Crippen LogP contribution is -2.16. The molecule has 0 saturated heterocycles. The molecule has 0 radical (unpaired) electrons. The number of H-pyrrole nitrogens is 1. The molecule has 0 aliphatic heterocycles. The van der Waals surface area contributed by atoms with Gasteiger partial charge in [-0.2, -0.15) is 0 Å². The van der Waals surface area contributed by atoms with Crippen molar-refractivity contribution in [3.63, 3.8) is 0 Å². The molecule has 0 aliphatic rings. The fraction of sp³-hybridized carbons (Fsp3) is 0.318. The van der Waals surface area contributed by atoms with Gasteiger partial charge in [-0.3, -0.25) is 9.89 Å². The molecule has 6 nitrogen and oxygen atoms in total. The number of hydrogen-bond acceptors (Lipinski definition) is 5. The molecule has 3 rings (SSSR count). The number of nitrogens with zero attached hydrogens (tertiary/aromatic N) is 2. The molecule has 152 valence electrons. The third kappa shape index (κ3) is 5.60. The molecular formula is C22H26N4O2S. The van der Waals surface area contributed by atoms with Gasteiger partial charge in [0.2, 0.25) is 11.1 Å². The summed E-state index contributed by atoms with van der Waals surface area (Å²) in [5.41, 5.74) is 4.16. The van der Waals surface area contributed by atoms with Crippen LogP contribution in [-0.4, -0.2) is 26.8 Å². The first kappa shape index (κ1) is 20.9. The number of amides is 1.